The number of carbonyl (C=O) groups excluding carboxylic acids is 2. The summed E-state index contributed by atoms with van der Waals surface area (Å²) in [6.45, 7) is 0.362. The highest BCUT2D eigenvalue weighted by molar-refractivity contribution is 7.99. The van der Waals surface area contributed by atoms with Crippen LogP contribution in [0.1, 0.15) is 6.92 Å². The normalized spacial score (nSPS) is 41.5. The summed E-state index contributed by atoms with van der Waals surface area (Å²) in [6.07, 6.45) is -18.1. The molecular weight excluding hydrogens is 484 g/mol. The maximum Gasteiger partial charge on any atom is 0.243 e. The zero-order valence-corrected chi connectivity index (χ0v) is 18.9. The summed E-state index contributed by atoms with van der Waals surface area (Å²) in [6, 6.07) is -2.76. The smallest absolute Gasteiger partial charge is 0.243 e. The van der Waals surface area contributed by atoms with E-state index in [-0.39, 0.29) is 11.7 Å². The van der Waals surface area contributed by atoms with Gasteiger partial charge in [-0.2, -0.15) is 0 Å². The lowest BCUT2D eigenvalue weighted by atomic mass is 9.84. The number of carbonyl (C=O) groups is 2. The molecule has 1 aliphatic heterocycles. The lowest BCUT2D eigenvalue weighted by Crippen LogP contribution is -2.69. The molecule has 2 rings (SSSR count). The second-order valence-electron chi connectivity index (χ2n) is 8.05. The number of amides is 2. The van der Waals surface area contributed by atoms with Crippen molar-refractivity contribution in [2.75, 3.05) is 18.3 Å². The fourth-order valence-corrected chi connectivity index (χ4v) is 4.30. The van der Waals surface area contributed by atoms with Crippen molar-refractivity contribution in [2.24, 2.45) is 0 Å². The number of hydrogen-bond acceptors (Lipinski definition) is 14. The Kier molecular flexibility index (Phi) is 10.9. The number of aliphatic hydroxyl groups excluding tert-OH is 9. The van der Waals surface area contributed by atoms with Crippen molar-refractivity contribution in [1.29, 1.82) is 0 Å². The molecule has 0 spiro atoms. The average molecular weight is 517 g/mol. The van der Waals surface area contributed by atoms with Crippen molar-refractivity contribution < 1.29 is 65.0 Å². The molecule has 0 radical (unpaired) electrons. The highest BCUT2D eigenvalue weighted by Gasteiger charge is 2.53. The summed E-state index contributed by atoms with van der Waals surface area (Å²) in [7, 11) is 0. The van der Waals surface area contributed by atoms with Crippen LogP contribution in [-0.4, -0.2) is 149 Å². The predicted octanol–water partition coefficient (Wildman–Crippen LogP) is -6.70. The number of rotatable bonds is 9. The molecule has 2 unspecified atom stereocenters. The highest BCUT2D eigenvalue weighted by atomic mass is 32.2. The molecule has 15 nitrogen and oxygen atoms in total. The topological polar surface area (TPSA) is 259 Å². The van der Waals surface area contributed by atoms with Gasteiger partial charge in [-0.05, 0) is 0 Å². The van der Waals surface area contributed by atoms with Crippen LogP contribution >= 0.6 is 11.8 Å². The molecule has 0 bridgehead atoms. The Bertz CT molecular complexity index is 674. The van der Waals surface area contributed by atoms with Gasteiger partial charge in [0, 0.05) is 12.7 Å². The second kappa shape index (κ2) is 12.7. The van der Waals surface area contributed by atoms with Gasteiger partial charge in [-0.1, -0.05) is 0 Å². The monoisotopic (exact) mass is 516 g/mol. The Labute approximate surface area is 198 Å². The molecule has 1 aliphatic carbocycles. The number of thioether (sulfide) groups is 1. The molecule has 2 fully saturated rings. The molecule has 0 aromatic carbocycles. The minimum Gasteiger partial charge on any atom is -0.394 e. The first-order valence-corrected chi connectivity index (χ1v) is 11.5. The van der Waals surface area contributed by atoms with E-state index in [1.165, 1.54) is 0 Å². The lowest BCUT2D eigenvalue weighted by Gasteiger charge is -2.47. The van der Waals surface area contributed by atoms with Gasteiger partial charge < -0.3 is 66.1 Å². The Morgan fingerprint density at radius 2 is 1.47 bits per heavy atom. The zero-order chi connectivity index (χ0) is 25.7. The van der Waals surface area contributed by atoms with Gasteiger partial charge in [-0.3, -0.25) is 9.59 Å². The predicted molar refractivity (Wildman–Crippen MR) is 112 cm³/mol. The number of hydrogen-bond donors (Lipinski definition) is 11. The van der Waals surface area contributed by atoms with Crippen molar-refractivity contribution in [3.8, 4) is 0 Å². The van der Waals surface area contributed by atoms with E-state index in [4.69, 9.17) is 14.6 Å². The van der Waals surface area contributed by atoms with Gasteiger partial charge >= 0.3 is 0 Å². The van der Waals surface area contributed by atoms with Crippen LogP contribution in [0.15, 0.2) is 0 Å². The number of ether oxygens (including phenoxy) is 2. The van der Waals surface area contributed by atoms with Crippen molar-refractivity contribution in [2.45, 2.75) is 80.2 Å². The number of aliphatic hydroxyl groups is 9. The fraction of sp³-hybridized carbons (Fsp3) is 0.889. The quantitative estimate of drug-likeness (QED) is 0.127. The van der Waals surface area contributed by atoms with Gasteiger partial charge in [-0.15, -0.1) is 11.8 Å². The SMILES string of the molecule is CC(=O)N[C@@H](CSCO)C(=O)N[C@H]1[C@@H](OC2[C@H](O)[C@H](O)C(O)[C@H](O)[C@H]2O)O[C@H](CO)[C@@H](O)[C@@H]1O. The van der Waals surface area contributed by atoms with Gasteiger partial charge in [0.2, 0.25) is 11.8 Å². The largest absolute Gasteiger partial charge is 0.394 e. The summed E-state index contributed by atoms with van der Waals surface area (Å²) in [5, 5.41) is 94.0. The van der Waals surface area contributed by atoms with Crippen LogP contribution in [0.25, 0.3) is 0 Å². The Morgan fingerprint density at radius 1 is 0.912 bits per heavy atom. The summed E-state index contributed by atoms with van der Waals surface area (Å²) >= 11 is 0.912. The molecule has 1 saturated carbocycles. The molecule has 1 heterocycles. The summed E-state index contributed by atoms with van der Waals surface area (Å²) < 4.78 is 10.9. The van der Waals surface area contributed by atoms with Gasteiger partial charge in [0.15, 0.2) is 6.29 Å². The van der Waals surface area contributed by atoms with E-state index in [9.17, 15) is 50.4 Å². The molecule has 198 valence electrons. The molecule has 34 heavy (non-hydrogen) atoms. The summed E-state index contributed by atoms with van der Waals surface area (Å²) in [5.41, 5.74) is 0. The Hall–Kier alpha value is -1.15. The third kappa shape index (κ3) is 6.54. The first kappa shape index (κ1) is 29.1. The summed E-state index contributed by atoms with van der Waals surface area (Å²) in [4.78, 5) is 24.2. The molecule has 2 amide bonds. The van der Waals surface area contributed by atoms with Crippen LogP contribution in [0.3, 0.4) is 0 Å². The maximum absolute atomic E-state index is 12.8. The maximum atomic E-state index is 12.8. The minimum atomic E-state index is -1.93. The van der Waals surface area contributed by atoms with E-state index in [0.717, 1.165) is 18.7 Å². The van der Waals surface area contributed by atoms with Crippen molar-refractivity contribution in [3.05, 3.63) is 0 Å². The van der Waals surface area contributed by atoms with E-state index in [1.54, 1.807) is 0 Å². The first-order chi connectivity index (χ1) is 15.9. The van der Waals surface area contributed by atoms with Crippen LogP contribution in [0, 0.1) is 0 Å². The minimum absolute atomic E-state index is 0.0603. The molecular formula is C18H32N2O13S. The Balaban J connectivity index is 2.27. The van der Waals surface area contributed by atoms with E-state index >= 15 is 0 Å². The van der Waals surface area contributed by atoms with Gasteiger partial charge in [0.1, 0.15) is 67.0 Å². The summed E-state index contributed by atoms with van der Waals surface area (Å²) in [5.74, 6) is -1.85. The molecule has 11 N–H and O–H groups in total. The van der Waals surface area contributed by atoms with E-state index < -0.39 is 91.7 Å². The van der Waals surface area contributed by atoms with Crippen molar-refractivity contribution in [1.82, 2.24) is 10.6 Å². The molecule has 0 aromatic rings. The zero-order valence-electron chi connectivity index (χ0n) is 18.1. The lowest BCUT2D eigenvalue weighted by molar-refractivity contribution is -0.319. The standard InChI is InChI=1S/C18H32N2O13S/c1-5(23)19-6(3-34-4-22)17(31)20-8-10(25)9(24)7(2-21)32-18(8)33-16-14(29)12(27)11(26)13(28)15(16)30/h6-16,18,21-22,24-30H,2-4H2,1H3,(H,19,23)(H,20,31)/t6-,7+,8+,9+,10+,11?,12-,13+,14+,15+,16?,18+/m0/s1. The highest BCUT2D eigenvalue weighted by Crippen LogP contribution is 2.29. The van der Waals surface area contributed by atoms with Crippen LogP contribution < -0.4 is 10.6 Å². The van der Waals surface area contributed by atoms with Crippen LogP contribution in [0.5, 0.6) is 0 Å². The molecule has 2 aliphatic rings. The number of nitrogens with one attached hydrogen (secondary N) is 2. The average Bonchev–Trinajstić information content (AvgIpc) is 2.80. The van der Waals surface area contributed by atoms with Crippen LogP contribution in [0.4, 0.5) is 0 Å². The van der Waals surface area contributed by atoms with Gasteiger partial charge in [0.25, 0.3) is 0 Å². The third-order valence-corrected chi connectivity index (χ3v) is 6.38. The molecule has 0 aromatic heterocycles. The molecule has 12 atom stereocenters. The van der Waals surface area contributed by atoms with E-state index in [1.807, 2.05) is 0 Å². The second-order valence-corrected chi connectivity index (χ2v) is 9.05. The first-order valence-electron chi connectivity index (χ1n) is 10.4. The molecule has 1 saturated heterocycles. The third-order valence-electron chi connectivity index (χ3n) is 5.62. The van der Waals surface area contributed by atoms with Crippen molar-refractivity contribution >= 4 is 23.6 Å². The van der Waals surface area contributed by atoms with E-state index in [2.05, 4.69) is 10.6 Å². The van der Waals surface area contributed by atoms with E-state index in [0.29, 0.717) is 0 Å². The van der Waals surface area contributed by atoms with Gasteiger partial charge in [0.05, 0.1) is 12.5 Å². The molecule has 16 heteroatoms. The fourth-order valence-electron chi connectivity index (χ4n) is 3.73. The van der Waals surface area contributed by atoms with Crippen molar-refractivity contribution in [3.63, 3.8) is 0 Å². The van der Waals surface area contributed by atoms with Crippen LogP contribution in [0.2, 0.25) is 0 Å². The van der Waals surface area contributed by atoms with Crippen LogP contribution in [-0.2, 0) is 19.1 Å². The van der Waals surface area contributed by atoms with Gasteiger partial charge in [-0.25, -0.2) is 0 Å². The Morgan fingerprint density at radius 3 is 1.97 bits per heavy atom.